The van der Waals surface area contributed by atoms with Crippen molar-refractivity contribution < 1.29 is 18.3 Å². The molecular weight excluding hydrogens is 253 g/mol. The zero-order chi connectivity index (χ0) is 14.0. The van der Waals surface area contributed by atoms with Gasteiger partial charge in [0.15, 0.2) is 0 Å². The Morgan fingerprint density at radius 1 is 1.05 bits per heavy atom. The predicted molar refractivity (Wildman–Crippen MR) is 67.5 cm³/mol. The van der Waals surface area contributed by atoms with E-state index in [2.05, 4.69) is 0 Å². The van der Waals surface area contributed by atoms with Crippen molar-refractivity contribution in [2.45, 2.75) is 19.7 Å². The monoisotopic (exact) mass is 266 g/mol. The number of hydrogen-bond acceptors (Lipinski definition) is 1. The predicted octanol–water partition coefficient (Wildman–Crippen LogP) is 4.17. The van der Waals surface area contributed by atoms with Crippen molar-refractivity contribution in [3.8, 4) is 11.1 Å². The van der Waals surface area contributed by atoms with Gasteiger partial charge in [0.1, 0.15) is 0 Å². The smallest absolute Gasteiger partial charge is 0.392 e. The number of aliphatic hydroxyl groups excluding tert-OH is 1. The van der Waals surface area contributed by atoms with E-state index in [1.807, 2.05) is 19.1 Å². The molecule has 0 aromatic heterocycles. The fourth-order valence-corrected chi connectivity index (χ4v) is 2.00. The van der Waals surface area contributed by atoms with Crippen LogP contribution in [0, 0.1) is 6.92 Å². The van der Waals surface area contributed by atoms with Gasteiger partial charge >= 0.3 is 6.18 Å². The summed E-state index contributed by atoms with van der Waals surface area (Å²) in [6.07, 6.45) is -4.41. The summed E-state index contributed by atoms with van der Waals surface area (Å²) in [4.78, 5) is 0. The molecule has 0 saturated heterocycles. The molecule has 0 radical (unpaired) electrons. The van der Waals surface area contributed by atoms with Crippen LogP contribution in [0.25, 0.3) is 11.1 Å². The van der Waals surface area contributed by atoms with Crippen LogP contribution in [0.3, 0.4) is 0 Å². The van der Waals surface area contributed by atoms with E-state index in [0.29, 0.717) is 5.56 Å². The molecule has 2 aromatic rings. The molecule has 0 saturated carbocycles. The number of rotatable bonds is 2. The minimum Gasteiger partial charge on any atom is -0.392 e. The van der Waals surface area contributed by atoms with Crippen LogP contribution < -0.4 is 0 Å². The van der Waals surface area contributed by atoms with Gasteiger partial charge < -0.3 is 5.11 Å². The molecule has 0 heterocycles. The first-order valence-electron chi connectivity index (χ1n) is 5.80. The normalized spacial score (nSPS) is 11.6. The molecule has 1 nitrogen and oxygen atoms in total. The molecule has 0 aliphatic carbocycles. The molecule has 2 aromatic carbocycles. The lowest BCUT2D eigenvalue weighted by molar-refractivity contribution is -0.137. The Labute approximate surface area is 109 Å². The Balaban J connectivity index is 2.61. The Morgan fingerprint density at radius 3 is 2.32 bits per heavy atom. The van der Waals surface area contributed by atoms with Gasteiger partial charge in [0.2, 0.25) is 0 Å². The zero-order valence-electron chi connectivity index (χ0n) is 10.3. The molecule has 0 fully saturated rings. The lowest BCUT2D eigenvalue weighted by Crippen LogP contribution is -2.06. The molecule has 0 atom stereocenters. The Bertz CT molecular complexity index is 588. The van der Waals surface area contributed by atoms with E-state index < -0.39 is 18.3 Å². The molecule has 0 aliphatic rings. The topological polar surface area (TPSA) is 20.2 Å². The molecule has 100 valence electrons. The van der Waals surface area contributed by atoms with Crippen LogP contribution in [0.5, 0.6) is 0 Å². The van der Waals surface area contributed by atoms with E-state index >= 15 is 0 Å². The highest BCUT2D eigenvalue weighted by Gasteiger charge is 2.31. The van der Waals surface area contributed by atoms with E-state index in [4.69, 9.17) is 5.11 Å². The second-order valence-corrected chi connectivity index (χ2v) is 4.39. The SMILES string of the molecule is Cc1ccccc1-c1cc(CO)cc(C(F)(F)F)c1. The number of hydrogen-bond donors (Lipinski definition) is 1. The van der Waals surface area contributed by atoms with Crippen molar-refractivity contribution in [1.82, 2.24) is 0 Å². The molecular formula is C15H13F3O. The van der Waals surface area contributed by atoms with Crippen LogP contribution in [0.4, 0.5) is 13.2 Å². The number of aliphatic hydroxyl groups is 1. The van der Waals surface area contributed by atoms with E-state index in [9.17, 15) is 13.2 Å². The van der Waals surface area contributed by atoms with Crippen molar-refractivity contribution in [3.05, 3.63) is 59.2 Å². The summed E-state index contributed by atoms with van der Waals surface area (Å²) in [6, 6.07) is 10.9. The zero-order valence-corrected chi connectivity index (χ0v) is 10.3. The molecule has 2 rings (SSSR count). The Hall–Kier alpha value is -1.81. The van der Waals surface area contributed by atoms with Gasteiger partial charge in [0, 0.05) is 0 Å². The van der Waals surface area contributed by atoms with E-state index in [-0.39, 0.29) is 5.56 Å². The van der Waals surface area contributed by atoms with Gasteiger partial charge in [-0.3, -0.25) is 0 Å². The lowest BCUT2D eigenvalue weighted by Gasteiger charge is -2.13. The summed E-state index contributed by atoms with van der Waals surface area (Å²) in [7, 11) is 0. The third-order valence-electron chi connectivity index (χ3n) is 2.96. The number of benzene rings is 2. The lowest BCUT2D eigenvalue weighted by atomic mass is 9.96. The van der Waals surface area contributed by atoms with Gasteiger partial charge in [-0.1, -0.05) is 24.3 Å². The standard InChI is InChI=1S/C15H13F3O/c1-10-4-2-3-5-14(10)12-6-11(9-19)7-13(8-12)15(16,17)18/h2-8,19H,9H2,1H3. The Kier molecular flexibility index (Phi) is 3.62. The third kappa shape index (κ3) is 2.96. The van der Waals surface area contributed by atoms with Crippen molar-refractivity contribution in [1.29, 1.82) is 0 Å². The highest BCUT2D eigenvalue weighted by molar-refractivity contribution is 5.68. The molecule has 4 heteroatoms. The van der Waals surface area contributed by atoms with Gasteiger partial charge in [-0.2, -0.15) is 13.2 Å². The van der Waals surface area contributed by atoms with Crippen molar-refractivity contribution in [2.75, 3.05) is 0 Å². The first-order chi connectivity index (χ1) is 8.91. The van der Waals surface area contributed by atoms with Crippen molar-refractivity contribution in [3.63, 3.8) is 0 Å². The van der Waals surface area contributed by atoms with Gasteiger partial charge in [0.05, 0.1) is 12.2 Å². The molecule has 0 amide bonds. The molecule has 1 N–H and O–H groups in total. The summed E-state index contributed by atoms with van der Waals surface area (Å²) in [5.74, 6) is 0. The summed E-state index contributed by atoms with van der Waals surface area (Å²) in [5, 5.41) is 9.10. The van der Waals surface area contributed by atoms with Crippen molar-refractivity contribution in [2.24, 2.45) is 0 Å². The van der Waals surface area contributed by atoms with Crippen LogP contribution >= 0.6 is 0 Å². The molecule has 0 spiro atoms. The Morgan fingerprint density at radius 2 is 1.74 bits per heavy atom. The van der Waals surface area contributed by atoms with Crippen LogP contribution in [-0.4, -0.2) is 5.11 Å². The van der Waals surface area contributed by atoms with E-state index in [0.717, 1.165) is 23.3 Å². The van der Waals surface area contributed by atoms with Crippen molar-refractivity contribution >= 4 is 0 Å². The summed E-state index contributed by atoms with van der Waals surface area (Å²) in [5.41, 5.74) is 1.62. The summed E-state index contributed by atoms with van der Waals surface area (Å²) < 4.78 is 38.5. The second kappa shape index (κ2) is 5.05. The molecule has 0 bridgehead atoms. The first kappa shape index (κ1) is 13.6. The largest absolute Gasteiger partial charge is 0.416 e. The van der Waals surface area contributed by atoms with Gasteiger partial charge in [-0.25, -0.2) is 0 Å². The first-order valence-corrected chi connectivity index (χ1v) is 5.80. The molecule has 19 heavy (non-hydrogen) atoms. The molecule has 0 unspecified atom stereocenters. The van der Waals surface area contributed by atoms with E-state index in [1.54, 1.807) is 18.2 Å². The van der Waals surface area contributed by atoms with Gasteiger partial charge in [0.25, 0.3) is 0 Å². The number of aryl methyl sites for hydroxylation is 1. The van der Waals surface area contributed by atoms with E-state index in [1.165, 1.54) is 0 Å². The number of halogens is 3. The van der Waals surface area contributed by atoms with Crippen LogP contribution in [0.2, 0.25) is 0 Å². The van der Waals surface area contributed by atoms with Gasteiger partial charge in [-0.05, 0) is 47.4 Å². The van der Waals surface area contributed by atoms with Crippen LogP contribution in [0.15, 0.2) is 42.5 Å². The summed E-state index contributed by atoms with van der Waals surface area (Å²) in [6.45, 7) is 1.43. The van der Waals surface area contributed by atoms with Crippen LogP contribution in [-0.2, 0) is 12.8 Å². The highest BCUT2D eigenvalue weighted by atomic mass is 19.4. The van der Waals surface area contributed by atoms with Gasteiger partial charge in [-0.15, -0.1) is 0 Å². The maximum absolute atomic E-state index is 12.8. The highest BCUT2D eigenvalue weighted by Crippen LogP contribution is 2.34. The average molecular weight is 266 g/mol. The maximum Gasteiger partial charge on any atom is 0.416 e. The summed E-state index contributed by atoms with van der Waals surface area (Å²) >= 11 is 0. The molecule has 0 aliphatic heterocycles. The average Bonchev–Trinajstić information content (AvgIpc) is 2.37. The quantitative estimate of drug-likeness (QED) is 0.864. The fourth-order valence-electron chi connectivity index (χ4n) is 2.00. The third-order valence-corrected chi connectivity index (χ3v) is 2.96. The minimum absolute atomic E-state index is 0.257. The van der Waals surface area contributed by atoms with Crippen LogP contribution in [0.1, 0.15) is 16.7 Å². The fraction of sp³-hybridized carbons (Fsp3) is 0.200. The number of alkyl halides is 3. The maximum atomic E-state index is 12.8. The second-order valence-electron chi connectivity index (χ2n) is 4.39. The minimum atomic E-state index is -4.41.